The second-order valence-electron chi connectivity index (χ2n) is 6.63. The Balaban J connectivity index is 1.62. The van der Waals surface area contributed by atoms with Gasteiger partial charge in [-0.05, 0) is 30.3 Å². The Labute approximate surface area is 168 Å². The van der Waals surface area contributed by atoms with Crippen molar-refractivity contribution in [3.05, 3.63) is 92.3 Å². The van der Waals surface area contributed by atoms with Gasteiger partial charge in [-0.3, -0.25) is 10.1 Å². The molecule has 28 heavy (non-hydrogen) atoms. The maximum Gasteiger partial charge on any atom is 0.269 e. The van der Waals surface area contributed by atoms with Crippen molar-refractivity contribution in [1.82, 2.24) is 5.01 Å². The van der Waals surface area contributed by atoms with Gasteiger partial charge in [0.1, 0.15) is 17.2 Å². The van der Waals surface area contributed by atoms with Gasteiger partial charge in [0, 0.05) is 34.2 Å². The summed E-state index contributed by atoms with van der Waals surface area (Å²) in [5.74, 6) is 1.46. The van der Waals surface area contributed by atoms with Crippen LogP contribution in [0.4, 0.5) is 5.69 Å². The Morgan fingerprint density at radius 3 is 2.86 bits per heavy atom. The van der Waals surface area contributed by atoms with Crippen LogP contribution in [0.25, 0.3) is 0 Å². The highest BCUT2D eigenvalue weighted by molar-refractivity contribution is 9.10. The van der Waals surface area contributed by atoms with E-state index in [4.69, 9.17) is 14.3 Å². The fourth-order valence-corrected chi connectivity index (χ4v) is 4.04. The molecule has 8 heteroatoms. The van der Waals surface area contributed by atoms with E-state index >= 15 is 0 Å². The number of fused-ring (bicyclic) bond motifs is 3. The zero-order valence-corrected chi connectivity index (χ0v) is 16.1. The SMILES string of the molecule is O=[N+]([O-])c1cccc([C@@H]2Oc3ccc(Br)cc3[C@@H]3CC(c4ccco4)=NN32)c1. The van der Waals surface area contributed by atoms with Crippen LogP contribution in [0, 0.1) is 10.1 Å². The smallest absolute Gasteiger partial charge is 0.269 e. The normalized spacial score (nSPS) is 20.2. The Morgan fingerprint density at radius 1 is 1.18 bits per heavy atom. The number of furan rings is 1. The molecule has 140 valence electrons. The lowest BCUT2D eigenvalue weighted by molar-refractivity contribution is -0.385. The molecule has 2 atom stereocenters. The quantitative estimate of drug-likeness (QED) is 0.414. The van der Waals surface area contributed by atoms with Gasteiger partial charge in [0.05, 0.1) is 17.2 Å². The van der Waals surface area contributed by atoms with Crippen molar-refractivity contribution in [3.63, 3.8) is 0 Å². The van der Waals surface area contributed by atoms with E-state index in [1.54, 1.807) is 12.3 Å². The van der Waals surface area contributed by atoms with Crippen LogP contribution in [0.3, 0.4) is 0 Å². The highest BCUT2D eigenvalue weighted by atomic mass is 79.9. The second-order valence-corrected chi connectivity index (χ2v) is 7.54. The second kappa shape index (κ2) is 6.49. The number of hydrazone groups is 1. The van der Waals surface area contributed by atoms with E-state index in [-0.39, 0.29) is 11.7 Å². The summed E-state index contributed by atoms with van der Waals surface area (Å²) in [5, 5.41) is 17.8. The van der Waals surface area contributed by atoms with Crippen molar-refractivity contribution in [3.8, 4) is 5.75 Å². The van der Waals surface area contributed by atoms with Gasteiger partial charge in [-0.25, -0.2) is 5.01 Å². The minimum absolute atomic E-state index is 0.0219. The highest BCUT2D eigenvalue weighted by Crippen LogP contribution is 2.48. The van der Waals surface area contributed by atoms with Crippen molar-refractivity contribution < 1.29 is 14.1 Å². The Kier molecular flexibility index (Phi) is 3.94. The molecule has 0 saturated heterocycles. The van der Waals surface area contributed by atoms with Crippen molar-refractivity contribution in [2.75, 3.05) is 0 Å². The molecule has 0 N–H and O–H groups in total. The van der Waals surface area contributed by atoms with E-state index in [9.17, 15) is 10.1 Å². The molecular weight excluding hydrogens is 426 g/mol. The van der Waals surface area contributed by atoms with Gasteiger partial charge in [0.2, 0.25) is 6.23 Å². The van der Waals surface area contributed by atoms with E-state index in [1.807, 2.05) is 41.4 Å². The molecular formula is C20H14BrN3O4. The minimum Gasteiger partial charge on any atom is -0.464 e. The van der Waals surface area contributed by atoms with Gasteiger partial charge < -0.3 is 9.15 Å². The summed E-state index contributed by atoms with van der Waals surface area (Å²) in [6, 6.07) is 16.0. The lowest BCUT2D eigenvalue weighted by Crippen LogP contribution is -2.33. The highest BCUT2D eigenvalue weighted by Gasteiger charge is 2.41. The van der Waals surface area contributed by atoms with E-state index in [1.165, 1.54) is 12.1 Å². The monoisotopic (exact) mass is 439 g/mol. The van der Waals surface area contributed by atoms with E-state index < -0.39 is 11.2 Å². The maximum absolute atomic E-state index is 11.2. The van der Waals surface area contributed by atoms with E-state index in [0.717, 1.165) is 21.5 Å². The minimum atomic E-state index is -0.564. The summed E-state index contributed by atoms with van der Waals surface area (Å²) >= 11 is 3.52. The molecule has 0 aliphatic carbocycles. The van der Waals surface area contributed by atoms with Gasteiger partial charge in [-0.2, -0.15) is 5.10 Å². The summed E-state index contributed by atoms with van der Waals surface area (Å²) in [4.78, 5) is 10.8. The van der Waals surface area contributed by atoms with E-state index in [2.05, 4.69) is 15.9 Å². The molecule has 0 saturated carbocycles. The first-order chi connectivity index (χ1) is 13.6. The zero-order valence-electron chi connectivity index (χ0n) is 14.5. The van der Waals surface area contributed by atoms with Crippen LogP contribution in [0.15, 0.2) is 74.9 Å². The Bertz CT molecular complexity index is 1100. The summed E-state index contributed by atoms with van der Waals surface area (Å²) < 4.78 is 12.7. The van der Waals surface area contributed by atoms with Crippen LogP contribution >= 0.6 is 15.9 Å². The molecule has 2 aromatic carbocycles. The molecule has 5 rings (SSSR count). The van der Waals surface area contributed by atoms with Crippen molar-refractivity contribution in [1.29, 1.82) is 0 Å². The van der Waals surface area contributed by atoms with Crippen LogP contribution in [-0.4, -0.2) is 15.6 Å². The molecule has 0 bridgehead atoms. The molecule has 2 aliphatic rings. The molecule has 0 fully saturated rings. The summed E-state index contributed by atoms with van der Waals surface area (Å²) in [5.41, 5.74) is 2.54. The lowest BCUT2D eigenvalue weighted by atomic mass is 9.97. The number of halogens is 1. The van der Waals surface area contributed by atoms with Gasteiger partial charge in [-0.1, -0.05) is 28.1 Å². The van der Waals surface area contributed by atoms with Crippen molar-refractivity contribution >= 4 is 27.3 Å². The van der Waals surface area contributed by atoms with Crippen LogP contribution in [0.2, 0.25) is 0 Å². The first-order valence-corrected chi connectivity index (χ1v) is 9.49. The summed E-state index contributed by atoms with van der Waals surface area (Å²) in [7, 11) is 0. The van der Waals surface area contributed by atoms with Crippen molar-refractivity contribution in [2.24, 2.45) is 5.10 Å². The standard InChI is InChI=1S/C20H14BrN3O4/c21-13-6-7-18-15(10-13)17-11-16(19-5-2-8-27-19)22-23(17)20(28-18)12-3-1-4-14(9-12)24(25)26/h1-10,17,20H,11H2/t17-,20-/m0/s1. The third kappa shape index (κ3) is 2.77. The fraction of sp³-hybridized carbons (Fsp3) is 0.150. The van der Waals surface area contributed by atoms with Gasteiger partial charge in [0.15, 0.2) is 0 Å². The van der Waals surface area contributed by atoms with Crippen LogP contribution in [0.1, 0.15) is 35.6 Å². The third-order valence-corrected chi connectivity index (χ3v) is 5.42. The molecule has 3 heterocycles. The molecule has 0 spiro atoms. The van der Waals surface area contributed by atoms with Crippen LogP contribution in [-0.2, 0) is 0 Å². The predicted octanol–water partition coefficient (Wildman–Crippen LogP) is 5.19. The molecule has 1 aromatic heterocycles. The number of hydrogen-bond acceptors (Lipinski definition) is 6. The number of hydrogen-bond donors (Lipinski definition) is 0. The number of rotatable bonds is 3. The molecule has 3 aromatic rings. The fourth-order valence-electron chi connectivity index (χ4n) is 3.66. The number of ether oxygens (including phenoxy) is 1. The van der Waals surface area contributed by atoms with E-state index in [0.29, 0.717) is 17.7 Å². The van der Waals surface area contributed by atoms with Crippen molar-refractivity contribution in [2.45, 2.75) is 18.7 Å². The number of benzene rings is 2. The molecule has 0 unspecified atom stereocenters. The average molecular weight is 440 g/mol. The van der Waals surface area contributed by atoms with Gasteiger partial charge in [-0.15, -0.1) is 0 Å². The van der Waals surface area contributed by atoms with Crippen LogP contribution in [0.5, 0.6) is 5.75 Å². The first-order valence-electron chi connectivity index (χ1n) is 8.70. The van der Waals surface area contributed by atoms with Gasteiger partial charge >= 0.3 is 0 Å². The number of non-ortho nitro benzene ring substituents is 1. The van der Waals surface area contributed by atoms with Crippen LogP contribution < -0.4 is 4.74 Å². The number of nitro groups is 1. The predicted molar refractivity (Wildman–Crippen MR) is 105 cm³/mol. The first kappa shape index (κ1) is 17.0. The summed E-state index contributed by atoms with van der Waals surface area (Å²) in [6.07, 6.45) is 1.71. The maximum atomic E-state index is 11.2. The molecule has 0 radical (unpaired) electrons. The van der Waals surface area contributed by atoms with Gasteiger partial charge in [0.25, 0.3) is 5.69 Å². The number of nitro benzene ring substituents is 1. The average Bonchev–Trinajstić information content (AvgIpc) is 3.37. The number of nitrogens with zero attached hydrogens (tertiary/aromatic N) is 3. The third-order valence-electron chi connectivity index (χ3n) is 4.92. The Morgan fingerprint density at radius 2 is 2.07 bits per heavy atom. The zero-order chi connectivity index (χ0) is 19.3. The Hall–Kier alpha value is -3.13. The summed E-state index contributed by atoms with van der Waals surface area (Å²) in [6.45, 7) is 0. The molecule has 2 aliphatic heterocycles. The largest absolute Gasteiger partial charge is 0.464 e. The molecule has 7 nitrogen and oxygen atoms in total. The molecule has 0 amide bonds. The lowest BCUT2D eigenvalue weighted by Gasteiger charge is -2.38. The topological polar surface area (TPSA) is 81.1 Å².